The number of carboxylic acid groups (broad SMARTS) is 1. The Kier molecular flexibility index (Phi) is 5.47. The van der Waals surface area contributed by atoms with E-state index in [4.69, 9.17) is 5.11 Å². The van der Waals surface area contributed by atoms with Crippen molar-refractivity contribution < 1.29 is 9.90 Å². The molecule has 0 radical (unpaired) electrons. The van der Waals surface area contributed by atoms with Gasteiger partial charge in [0, 0.05) is 13.1 Å². The SMILES string of the molecule is C1CCC(N2CCCC2)C1.CNC(=O)O. The lowest BCUT2D eigenvalue weighted by Gasteiger charge is -2.22. The molecule has 0 aromatic heterocycles. The van der Waals surface area contributed by atoms with E-state index in [2.05, 4.69) is 4.90 Å². The number of nitrogens with zero attached hydrogens (tertiary/aromatic N) is 1. The largest absolute Gasteiger partial charge is 0.465 e. The summed E-state index contributed by atoms with van der Waals surface area (Å²) in [6, 6.07) is 0.988. The number of nitrogens with one attached hydrogen (secondary N) is 1. The summed E-state index contributed by atoms with van der Waals surface area (Å²) in [5.41, 5.74) is 0. The average Bonchev–Trinajstić information content (AvgIpc) is 2.90. The Morgan fingerprint density at radius 3 is 2.07 bits per heavy atom. The molecule has 4 nitrogen and oxygen atoms in total. The van der Waals surface area contributed by atoms with Crippen LogP contribution in [0.1, 0.15) is 38.5 Å². The van der Waals surface area contributed by atoms with Crippen molar-refractivity contribution in [3.8, 4) is 0 Å². The van der Waals surface area contributed by atoms with Crippen molar-refractivity contribution in [2.75, 3.05) is 20.1 Å². The van der Waals surface area contributed by atoms with E-state index in [1.165, 1.54) is 58.7 Å². The summed E-state index contributed by atoms with van der Waals surface area (Å²) < 4.78 is 0. The van der Waals surface area contributed by atoms with Gasteiger partial charge in [-0.05, 0) is 38.8 Å². The fourth-order valence-electron chi connectivity index (χ4n) is 2.38. The zero-order chi connectivity index (χ0) is 11.1. The number of rotatable bonds is 1. The van der Waals surface area contributed by atoms with E-state index in [1.807, 2.05) is 5.32 Å². The van der Waals surface area contributed by atoms with E-state index in [0.29, 0.717) is 0 Å². The monoisotopic (exact) mass is 214 g/mol. The maximum Gasteiger partial charge on any atom is 0.404 e. The molecule has 1 aliphatic carbocycles. The number of carbonyl (C=O) groups is 1. The summed E-state index contributed by atoms with van der Waals surface area (Å²) in [7, 11) is 1.35. The fraction of sp³-hybridized carbons (Fsp3) is 0.909. The summed E-state index contributed by atoms with van der Waals surface area (Å²) in [6.45, 7) is 2.79. The maximum atomic E-state index is 9.26. The zero-order valence-corrected chi connectivity index (χ0v) is 9.54. The number of likely N-dealkylation sites (tertiary alicyclic amines) is 1. The third-order valence-corrected chi connectivity index (χ3v) is 3.20. The Balaban J connectivity index is 0.000000195. The van der Waals surface area contributed by atoms with Crippen LogP contribution in [0.15, 0.2) is 0 Å². The van der Waals surface area contributed by atoms with Gasteiger partial charge in [0.2, 0.25) is 0 Å². The molecule has 15 heavy (non-hydrogen) atoms. The third kappa shape index (κ3) is 4.51. The Hall–Kier alpha value is -0.770. The third-order valence-electron chi connectivity index (χ3n) is 3.20. The molecule has 88 valence electrons. The molecule has 2 rings (SSSR count). The summed E-state index contributed by atoms with van der Waals surface area (Å²) >= 11 is 0. The van der Waals surface area contributed by atoms with E-state index in [1.54, 1.807) is 0 Å². The van der Waals surface area contributed by atoms with Crippen molar-refractivity contribution in [1.29, 1.82) is 0 Å². The van der Waals surface area contributed by atoms with Gasteiger partial charge in [-0.1, -0.05) is 12.8 Å². The first kappa shape index (κ1) is 12.3. The highest BCUT2D eigenvalue weighted by atomic mass is 16.4. The van der Waals surface area contributed by atoms with Gasteiger partial charge in [-0.3, -0.25) is 0 Å². The fourth-order valence-corrected chi connectivity index (χ4v) is 2.38. The van der Waals surface area contributed by atoms with Crippen molar-refractivity contribution in [2.45, 2.75) is 44.6 Å². The highest BCUT2D eigenvalue weighted by Crippen LogP contribution is 2.25. The zero-order valence-electron chi connectivity index (χ0n) is 9.54. The normalized spacial score (nSPS) is 22.2. The van der Waals surface area contributed by atoms with Crippen LogP contribution in [0.4, 0.5) is 4.79 Å². The molecule has 1 saturated heterocycles. The van der Waals surface area contributed by atoms with Crippen LogP contribution in [0.2, 0.25) is 0 Å². The van der Waals surface area contributed by atoms with Crippen molar-refractivity contribution in [2.24, 2.45) is 0 Å². The lowest BCUT2D eigenvalue weighted by molar-refractivity contribution is 0.197. The van der Waals surface area contributed by atoms with Crippen LogP contribution in [0.25, 0.3) is 0 Å². The van der Waals surface area contributed by atoms with Gasteiger partial charge in [0.1, 0.15) is 0 Å². The predicted octanol–water partition coefficient (Wildman–Crippen LogP) is 1.91. The highest BCUT2D eigenvalue weighted by molar-refractivity contribution is 5.63. The van der Waals surface area contributed by atoms with Crippen LogP contribution in [0.3, 0.4) is 0 Å². The van der Waals surface area contributed by atoms with Crippen LogP contribution >= 0.6 is 0 Å². The molecule has 0 aromatic rings. The minimum atomic E-state index is -0.995. The van der Waals surface area contributed by atoms with Crippen molar-refractivity contribution in [1.82, 2.24) is 10.2 Å². The van der Waals surface area contributed by atoms with Gasteiger partial charge >= 0.3 is 6.09 Å². The molecule has 1 saturated carbocycles. The number of amides is 1. The average molecular weight is 214 g/mol. The number of hydrogen-bond acceptors (Lipinski definition) is 2. The number of hydrogen-bond donors (Lipinski definition) is 2. The summed E-state index contributed by atoms with van der Waals surface area (Å²) in [6.07, 6.45) is 7.86. The summed E-state index contributed by atoms with van der Waals surface area (Å²) in [5.74, 6) is 0. The molecular formula is C11H22N2O2. The molecule has 0 bridgehead atoms. The van der Waals surface area contributed by atoms with Crippen LogP contribution in [0, 0.1) is 0 Å². The molecule has 0 unspecified atom stereocenters. The molecule has 0 spiro atoms. The van der Waals surface area contributed by atoms with Gasteiger partial charge in [0.25, 0.3) is 0 Å². The van der Waals surface area contributed by atoms with Crippen LogP contribution in [-0.4, -0.2) is 42.3 Å². The smallest absolute Gasteiger partial charge is 0.404 e. The Morgan fingerprint density at radius 1 is 1.20 bits per heavy atom. The Bertz CT molecular complexity index is 171. The maximum absolute atomic E-state index is 9.26. The highest BCUT2D eigenvalue weighted by Gasteiger charge is 2.24. The molecule has 2 N–H and O–H groups in total. The van der Waals surface area contributed by atoms with E-state index in [0.717, 1.165) is 6.04 Å². The van der Waals surface area contributed by atoms with Crippen LogP contribution < -0.4 is 5.32 Å². The second kappa shape index (κ2) is 6.67. The molecule has 1 aliphatic heterocycles. The van der Waals surface area contributed by atoms with Gasteiger partial charge in [0.05, 0.1) is 0 Å². The van der Waals surface area contributed by atoms with Crippen LogP contribution in [-0.2, 0) is 0 Å². The van der Waals surface area contributed by atoms with E-state index >= 15 is 0 Å². The second-order valence-corrected chi connectivity index (χ2v) is 4.24. The minimum Gasteiger partial charge on any atom is -0.465 e. The van der Waals surface area contributed by atoms with E-state index in [-0.39, 0.29) is 0 Å². The Morgan fingerprint density at radius 2 is 1.67 bits per heavy atom. The summed E-state index contributed by atoms with van der Waals surface area (Å²) in [4.78, 5) is 12.0. The van der Waals surface area contributed by atoms with Gasteiger partial charge in [-0.15, -0.1) is 0 Å². The van der Waals surface area contributed by atoms with Crippen LogP contribution in [0.5, 0.6) is 0 Å². The molecule has 2 aliphatic rings. The lowest BCUT2D eigenvalue weighted by atomic mass is 10.2. The first-order valence-electron chi connectivity index (χ1n) is 5.88. The topological polar surface area (TPSA) is 52.6 Å². The summed E-state index contributed by atoms with van der Waals surface area (Å²) in [5, 5.41) is 9.56. The molecular weight excluding hydrogens is 192 g/mol. The van der Waals surface area contributed by atoms with Gasteiger partial charge in [0.15, 0.2) is 0 Å². The first-order chi connectivity index (χ1) is 7.24. The molecule has 0 aromatic carbocycles. The predicted molar refractivity (Wildman–Crippen MR) is 60.1 cm³/mol. The molecule has 1 heterocycles. The first-order valence-corrected chi connectivity index (χ1v) is 5.88. The molecule has 4 heteroatoms. The lowest BCUT2D eigenvalue weighted by Crippen LogP contribution is -2.29. The van der Waals surface area contributed by atoms with Crippen molar-refractivity contribution in [3.63, 3.8) is 0 Å². The minimum absolute atomic E-state index is 0.988. The molecule has 1 amide bonds. The van der Waals surface area contributed by atoms with E-state index in [9.17, 15) is 4.79 Å². The van der Waals surface area contributed by atoms with Gasteiger partial charge < -0.3 is 15.3 Å². The molecule has 2 fully saturated rings. The van der Waals surface area contributed by atoms with Crippen molar-refractivity contribution >= 4 is 6.09 Å². The van der Waals surface area contributed by atoms with Gasteiger partial charge in [-0.2, -0.15) is 0 Å². The quantitative estimate of drug-likeness (QED) is 0.701. The van der Waals surface area contributed by atoms with Gasteiger partial charge in [-0.25, -0.2) is 4.79 Å². The molecule has 0 atom stereocenters. The Labute approximate surface area is 91.6 Å². The standard InChI is InChI=1S/C9H17N.C2H5NO2/c1-2-6-9(5-1)10-7-3-4-8-10;1-3-2(4)5/h9H,1-8H2;3H,1H3,(H,4,5). The van der Waals surface area contributed by atoms with Crippen molar-refractivity contribution in [3.05, 3.63) is 0 Å². The second-order valence-electron chi connectivity index (χ2n) is 4.24. The van der Waals surface area contributed by atoms with E-state index < -0.39 is 6.09 Å².